The zero-order valence-electron chi connectivity index (χ0n) is 23.1. The van der Waals surface area contributed by atoms with Crippen molar-refractivity contribution in [2.45, 2.75) is 90.5 Å². The first kappa shape index (κ1) is 27.3. The summed E-state index contributed by atoms with van der Waals surface area (Å²) in [5, 5.41) is 3.06. The number of piperidine rings is 2. The van der Waals surface area contributed by atoms with E-state index < -0.39 is 15.6 Å². The number of rotatable bonds is 6. The lowest BCUT2D eigenvalue weighted by Gasteiger charge is -2.35. The second kappa shape index (κ2) is 10.7. The molecule has 2 saturated heterocycles. The van der Waals surface area contributed by atoms with Crippen molar-refractivity contribution in [1.82, 2.24) is 9.62 Å². The average Bonchev–Trinajstić information content (AvgIpc) is 3.19. The number of aliphatic imine (C=N–C) groups is 1. The lowest BCUT2D eigenvalue weighted by Crippen LogP contribution is -2.51. The quantitative estimate of drug-likeness (QED) is 0.590. The molecular weight excluding hydrogens is 500 g/mol. The van der Waals surface area contributed by atoms with Crippen molar-refractivity contribution in [3.63, 3.8) is 0 Å². The first-order valence-electron chi connectivity index (χ1n) is 14.4. The SMILES string of the molecule is Cc1cc(N2CCCCC2=O)cc(C)c1CCS(=O)(=O)N1CCC2(CC1)N=C(C1CCC(C)CC1)NC2=O. The highest BCUT2D eigenvalue weighted by molar-refractivity contribution is 7.89. The minimum atomic E-state index is -3.47. The fourth-order valence-electron chi connectivity index (χ4n) is 6.70. The number of benzene rings is 1. The molecule has 2 amide bonds. The summed E-state index contributed by atoms with van der Waals surface area (Å²) in [4.78, 5) is 32.1. The van der Waals surface area contributed by atoms with Gasteiger partial charge in [-0.1, -0.05) is 19.8 Å². The molecule has 208 valence electrons. The van der Waals surface area contributed by atoms with Gasteiger partial charge in [-0.3, -0.25) is 14.6 Å². The number of sulfonamides is 1. The molecule has 1 aromatic carbocycles. The minimum Gasteiger partial charge on any atom is -0.312 e. The number of nitrogens with zero attached hydrogens (tertiary/aromatic N) is 3. The topological polar surface area (TPSA) is 99.2 Å². The number of hydrogen-bond donors (Lipinski definition) is 1. The fourth-order valence-corrected chi connectivity index (χ4v) is 8.16. The lowest BCUT2D eigenvalue weighted by molar-refractivity contribution is -0.125. The molecule has 1 aromatic rings. The van der Waals surface area contributed by atoms with Crippen molar-refractivity contribution < 1.29 is 18.0 Å². The van der Waals surface area contributed by atoms with Gasteiger partial charge in [0.1, 0.15) is 11.4 Å². The van der Waals surface area contributed by atoms with Gasteiger partial charge < -0.3 is 10.2 Å². The van der Waals surface area contributed by atoms with E-state index in [0.29, 0.717) is 44.7 Å². The Morgan fingerprint density at radius 2 is 1.66 bits per heavy atom. The highest BCUT2D eigenvalue weighted by atomic mass is 32.2. The second-order valence-corrected chi connectivity index (χ2v) is 14.1. The Morgan fingerprint density at radius 3 is 2.29 bits per heavy atom. The third kappa shape index (κ3) is 5.41. The zero-order chi connectivity index (χ0) is 27.1. The number of amides is 2. The Balaban J connectivity index is 1.21. The Morgan fingerprint density at radius 1 is 1.00 bits per heavy atom. The number of anilines is 1. The molecule has 8 nitrogen and oxygen atoms in total. The van der Waals surface area contributed by atoms with Gasteiger partial charge in [0.2, 0.25) is 15.9 Å². The first-order chi connectivity index (χ1) is 18.1. The largest absolute Gasteiger partial charge is 0.312 e. The van der Waals surface area contributed by atoms with E-state index in [9.17, 15) is 18.0 Å². The summed E-state index contributed by atoms with van der Waals surface area (Å²) in [5.74, 6) is 2.03. The van der Waals surface area contributed by atoms with Gasteiger partial charge in [0.05, 0.1) is 5.75 Å². The monoisotopic (exact) mass is 542 g/mol. The molecule has 1 aliphatic carbocycles. The highest BCUT2D eigenvalue weighted by Gasteiger charge is 2.48. The maximum absolute atomic E-state index is 13.3. The van der Waals surface area contributed by atoms with Crippen LogP contribution in [0.1, 0.15) is 81.4 Å². The van der Waals surface area contributed by atoms with E-state index in [-0.39, 0.29) is 17.6 Å². The first-order valence-corrected chi connectivity index (χ1v) is 16.0. The van der Waals surface area contributed by atoms with E-state index in [1.807, 2.05) is 30.9 Å². The normalized spacial score (nSPS) is 26.5. The number of aryl methyl sites for hydroxylation is 2. The van der Waals surface area contributed by atoms with E-state index >= 15 is 0 Å². The lowest BCUT2D eigenvalue weighted by atomic mass is 9.82. The predicted octanol–water partition coefficient (Wildman–Crippen LogP) is 3.88. The van der Waals surface area contributed by atoms with Gasteiger partial charge in [0.25, 0.3) is 5.91 Å². The van der Waals surface area contributed by atoms with Crippen molar-refractivity contribution in [3.8, 4) is 0 Å². The van der Waals surface area contributed by atoms with E-state index in [0.717, 1.165) is 79.2 Å². The Kier molecular flexibility index (Phi) is 7.70. The van der Waals surface area contributed by atoms with Crippen LogP contribution in [0, 0.1) is 25.7 Å². The van der Waals surface area contributed by atoms with Crippen LogP contribution in [-0.2, 0) is 26.0 Å². The van der Waals surface area contributed by atoms with Gasteiger partial charge in [-0.05, 0) is 93.5 Å². The standard InChI is InChI=1S/C29H42N4O4S/c1-20-7-9-23(10-8-20)27-30-28(35)29(31-27)12-15-32(16-13-29)38(36,37)17-11-25-21(2)18-24(19-22(25)3)33-14-5-4-6-26(33)34/h18-20,23H,4-17H2,1-3H3,(H,30,31,35). The van der Waals surface area contributed by atoms with Gasteiger partial charge >= 0.3 is 0 Å². The Hall–Kier alpha value is -2.26. The van der Waals surface area contributed by atoms with Crippen molar-refractivity contribution >= 4 is 33.4 Å². The zero-order valence-corrected chi connectivity index (χ0v) is 23.9. The summed E-state index contributed by atoms with van der Waals surface area (Å²) in [7, 11) is -3.47. The van der Waals surface area contributed by atoms with Crippen molar-refractivity contribution in [3.05, 3.63) is 28.8 Å². The molecule has 5 rings (SSSR count). The van der Waals surface area contributed by atoms with E-state index in [1.54, 1.807) is 4.31 Å². The molecule has 3 fully saturated rings. The Labute approximate surface area is 227 Å². The summed E-state index contributed by atoms with van der Waals surface area (Å²) in [6, 6.07) is 4.04. The Bertz CT molecular complexity index is 1200. The van der Waals surface area contributed by atoms with Crippen LogP contribution in [0.15, 0.2) is 17.1 Å². The van der Waals surface area contributed by atoms with Crippen LogP contribution in [0.4, 0.5) is 5.69 Å². The molecule has 9 heteroatoms. The van der Waals surface area contributed by atoms with E-state index in [4.69, 9.17) is 4.99 Å². The predicted molar refractivity (Wildman–Crippen MR) is 150 cm³/mol. The van der Waals surface area contributed by atoms with Gasteiger partial charge in [-0.15, -0.1) is 0 Å². The summed E-state index contributed by atoms with van der Waals surface area (Å²) in [6.07, 6.45) is 8.28. The van der Waals surface area contributed by atoms with Gasteiger partial charge in [0.15, 0.2) is 0 Å². The highest BCUT2D eigenvalue weighted by Crippen LogP contribution is 2.36. The van der Waals surface area contributed by atoms with Crippen molar-refractivity contribution in [2.24, 2.45) is 16.8 Å². The molecule has 3 heterocycles. The third-order valence-electron chi connectivity index (χ3n) is 9.27. The molecule has 4 aliphatic rings. The molecule has 0 unspecified atom stereocenters. The van der Waals surface area contributed by atoms with Crippen LogP contribution in [0.2, 0.25) is 0 Å². The summed E-state index contributed by atoms with van der Waals surface area (Å²) in [6.45, 7) is 7.66. The van der Waals surface area contributed by atoms with Crippen molar-refractivity contribution in [1.29, 1.82) is 0 Å². The maximum atomic E-state index is 13.3. The smallest absolute Gasteiger partial charge is 0.253 e. The molecule has 0 atom stereocenters. The molecule has 0 aromatic heterocycles. The van der Waals surface area contributed by atoms with Crippen LogP contribution in [0.25, 0.3) is 0 Å². The van der Waals surface area contributed by atoms with Crippen molar-refractivity contribution in [2.75, 3.05) is 30.3 Å². The molecular formula is C29H42N4O4S. The average molecular weight is 543 g/mol. The summed E-state index contributed by atoms with van der Waals surface area (Å²) < 4.78 is 28.2. The molecule has 38 heavy (non-hydrogen) atoms. The van der Waals surface area contributed by atoms with Gasteiger partial charge in [-0.2, -0.15) is 0 Å². The number of carbonyl (C=O) groups is 2. The molecule has 1 N–H and O–H groups in total. The van der Waals surface area contributed by atoms with Crippen LogP contribution in [0.5, 0.6) is 0 Å². The molecule has 1 saturated carbocycles. The van der Waals surface area contributed by atoms with Crippen LogP contribution in [-0.4, -0.2) is 61.3 Å². The van der Waals surface area contributed by atoms with Gasteiger partial charge in [-0.25, -0.2) is 12.7 Å². The number of hydrogen-bond acceptors (Lipinski definition) is 5. The van der Waals surface area contributed by atoms with E-state index in [1.165, 1.54) is 0 Å². The molecule has 3 aliphatic heterocycles. The van der Waals surface area contributed by atoms with Crippen LogP contribution >= 0.6 is 0 Å². The van der Waals surface area contributed by atoms with E-state index in [2.05, 4.69) is 12.2 Å². The fraction of sp³-hybridized carbons (Fsp3) is 0.690. The van der Waals surface area contributed by atoms with Crippen LogP contribution in [0.3, 0.4) is 0 Å². The number of carbonyl (C=O) groups excluding carboxylic acids is 2. The molecule has 0 bridgehead atoms. The molecule has 1 spiro atoms. The van der Waals surface area contributed by atoms with Gasteiger partial charge in [0, 0.05) is 37.7 Å². The summed E-state index contributed by atoms with van der Waals surface area (Å²) >= 11 is 0. The number of amidine groups is 1. The third-order valence-corrected chi connectivity index (χ3v) is 11.1. The summed E-state index contributed by atoms with van der Waals surface area (Å²) in [5.41, 5.74) is 3.18. The maximum Gasteiger partial charge on any atom is 0.253 e. The minimum absolute atomic E-state index is 0.0324. The number of nitrogens with one attached hydrogen (secondary N) is 1. The van der Waals surface area contributed by atoms with Crippen LogP contribution < -0.4 is 10.2 Å². The molecule has 0 radical (unpaired) electrons. The second-order valence-electron chi connectivity index (χ2n) is 12.0.